The number of aryl methyl sites for hydroxylation is 1. The molecule has 1 aliphatic rings. The number of aromatic nitrogens is 2. The maximum Gasteiger partial charge on any atom is 0.306 e. The molecule has 0 amide bonds. The lowest BCUT2D eigenvalue weighted by Gasteiger charge is -2.10. The van der Waals surface area contributed by atoms with Crippen LogP contribution in [0.15, 0.2) is 6.33 Å². The zero-order valence-electron chi connectivity index (χ0n) is 10.5. The minimum absolute atomic E-state index is 0.146. The van der Waals surface area contributed by atoms with Crippen LogP contribution >= 0.6 is 22.9 Å². The van der Waals surface area contributed by atoms with E-state index in [9.17, 15) is 4.79 Å². The van der Waals surface area contributed by atoms with Crippen molar-refractivity contribution >= 4 is 39.1 Å². The second-order valence-corrected chi connectivity index (χ2v) is 5.97. The summed E-state index contributed by atoms with van der Waals surface area (Å²) in [4.78, 5) is 22.2. The minimum atomic E-state index is -0.146. The number of hydrogen-bond acceptors (Lipinski definition) is 5. The number of thiophene rings is 1. The first-order valence-electron chi connectivity index (χ1n) is 6.28. The van der Waals surface area contributed by atoms with Gasteiger partial charge in [-0.3, -0.25) is 4.79 Å². The smallest absolute Gasteiger partial charge is 0.306 e. The second-order valence-electron chi connectivity index (χ2n) is 4.53. The quantitative estimate of drug-likeness (QED) is 0.644. The van der Waals surface area contributed by atoms with Crippen LogP contribution in [0.25, 0.3) is 10.2 Å². The third kappa shape index (κ3) is 2.21. The van der Waals surface area contributed by atoms with Crippen LogP contribution in [0.1, 0.15) is 36.1 Å². The molecule has 2 heterocycles. The molecule has 2 aromatic rings. The van der Waals surface area contributed by atoms with E-state index in [-0.39, 0.29) is 11.9 Å². The lowest BCUT2D eigenvalue weighted by atomic mass is 9.98. The number of esters is 1. The van der Waals surface area contributed by atoms with Crippen molar-refractivity contribution in [1.29, 1.82) is 0 Å². The molecule has 2 aromatic heterocycles. The fourth-order valence-electron chi connectivity index (χ4n) is 2.66. The Morgan fingerprint density at radius 1 is 1.58 bits per heavy atom. The number of ether oxygens (including phenoxy) is 1. The van der Waals surface area contributed by atoms with E-state index in [1.54, 1.807) is 11.3 Å². The maximum absolute atomic E-state index is 11.7. The van der Waals surface area contributed by atoms with Crippen molar-refractivity contribution < 1.29 is 9.53 Å². The third-order valence-corrected chi connectivity index (χ3v) is 4.86. The monoisotopic (exact) mass is 296 g/mol. The highest BCUT2D eigenvalue weighted by molar-refractivity contribution is 7.19. The molecule has 0 saturated carbocycles. The molecule has 0 bridgehead atoms. The van der Waals surface area contributed by atoms with Gasteiger partial charge in [-0.2, -0.15) is 0 Å². The number of carbonyl (C=O) groups is 1. The third-order valence-electron chi connectivity index (χ3n) is 3.40. The predicted octanol–water partition coefficient (Wildman–Crippen LogP) is 3.33. The molecule has 19 heavy (non-hydrogen) atoms. The van der Waals surface area contributed by atoms with Gasteiger partial charge in [0.05, 0.1) is 18.4 Å². The van der Waals surface area contributed by atoms with Gasteiger partial charge in [0.15, 0.2) is 0 Å². The van der Waals surface area contributed by atoms with Crippen LogP contribution in [0.2, 0.25) is 5.15 Å². The van der Waals surface area contributed by atoms with Crippen LogP contribution in [0, 0.1) is 0 Å². The van der Waals surface area contributed by atoms with E-state index in [2.05, 4.69) is 9.97 Å². The normalized spacial score (nSPS) is 17.7. The summed E-state index contributed by atoms with van der Waals surface area (Å²) in [5.74, 6) is 0.0407. The van der Waals surface area contributed by atoms with E-state index >= 15 is 0 Å². The Morgan fingerprint density at radius 2 is 2.42 bits per heavy atom. The van der Waals surface area contributed by atoms with Crippen molar-refractivity contribution in [3.05, 3.63) is 21.9 Å². The first-order chi connectivity index (χ1) is 9.20. The molecule has 4 nitrogen and oxygen atoms in total. The molecular formula is C13H13ClN2O2S. The van der Waals surface area contributed by atoms with Crippen LogP contribution in [-0.4, -0.2) is 22.5 Å². The lowest BCUT2D eigenvalue weighted by Crippen LogP contribution is -2.08. The number of fused-ring (bicyclic) bond motifs is 3. The van der Waals surface area contributed by atoms with Crippen LogP contribution in [-0.2, 0) is 16.0 Å². The molecule has 0 aromatic carbocycles. The first-order valence-corrected chi connectivity index (χ1v) is 7.47. The van der Waals surface area contributed by atoms with Crippen molar-refractivity contribution in [3.8, 4) is 0 Å². The average molecular weight is 297 g/mol. The highest BCUT2D eigenvalue weighted by atomic mass is 35.5. The Bertz CT molecular complexity index is 641. The maximum atomic E-state index is 11.7. The predicted molar refractivity (Wildman–Crippen MR) is 74.7 cm³/mol. The summed E-state index contributed by atoms with van der Waals surface area (Å²) in [5, 5.41) is 1.41. The molecule has 0 saturated heterocycles. The number of nitrogens with zero attached hydrogens (tertiary/aromatic N) is 2. The summed E-state index contributed by atoms with van der Waals surface area (Å²) in [6, 6.07) is 0. The Balaban J connectivity index is 1.99. The Labute approximate surface area is 119 Å². The van der Waals surface area contributed by atoms with E-state index in [0.717, 1.165) is 23.1 Å². The fraction of sp³-hybridized carbons (Fsp3) is 0.462. The summed E-state index contributed by atoms with van der Waals surface area (Å²) in [7, 11) is 0. The van der Waals surface area contributed by atoms with Gasteiger partial charge >= 0.3 is 5.97 Å². The van der Waals surface area contributed by atoms with Crippen molar-refractivity contribution in [2.75, 3.05) is 6.61 Å². The van der Waals surface area contributed by atoms with Crippen LogP contribution in [0.5, 0.6) is 0 Å². The Morgan fingerprint density at radius 3 is 3.21 bits per heavy atom. The SMILES string of the molecule is CCOC(=O)CC1CCc2sc3ncnc(Cl)c3c21. The van der Waals surface area contributed by atoms with Gasteiger partial charge < -0.3 is 4.74 Å². The van der Waals surface area contributed by atoms with Crippen molar-refractivity contribution in [2.24, 2.45) is 0 Å². The molecule has 1 aliphatic carbocycles. The van der Waals surface area contributed by atoms with E-state index in [1.165, 1.54) is 16.8 Å². The molecule has 1 atom stereocenters. The van der Waals surface area contributed by atoms with E-state index in [4.69, 9.17) is 16.3 Å². The fourth-order valence-corrected chi connectivity index (χ4v) is 4.19. The van der Waals surface area contributed by atoms with Crippen molar-refractivity contribution in [3.63, 3.8) is 0 Å². The summed E-state index contributed by atoms with van der Waals surface area (Å²) in [5.41, 5.74) is 1.17. The van der Waals surface area contributed by atoms with Gasteiger partial charge in [-0.05, 0) is 31.2 Å². The van der Waals surface area contributed by atoms with E-state index in [0.29, 0.717) is 18.2 Å². The Hall–Kier alpha value is -1.20. The highest BCUT2D eigenvalue weighted by Crippen LogP contribution is 2.46. The number of hydrogen-bond donors (Lipinski definition) is 0. The molecule has 0 fully saturated rings. The summed E-state index contributed by atoms with van der Waals surface area (Å²) in [6.07, 6.45) is 3.85. The average Bonchev–Trinajstić information content (AvgIpc) is 2.90. The van der Waals surface area contributed by atoms with Gasteiger partial charge in [0.25, 0.3) is 0 Å². The van der Waals surface area contributed by atoms with Crippen LogP contribution in [0.4, 0.5) is 0 Å². The Kier molecular flexibility index (Phi) is 3.41. The molecule has 100 valence electrons. The first kappa shape index (κ1) is 12.8. The van der Waals surface area contributed by atoms with E-state index in [1.807, 2.05) is 6.92 Å². The standard InChI is InChI=1S/C13H13ClN2O2S/c1-2-18-9(17)5-7-3-4-8-10(7)11-12(14)15-6-16-13(11)19-8/h6-7H,2-5H2,1H3. The lowest BCUT2D eigenvalue weighted by molar-refractivity contribution is -0.143. The molecule has 0 radical (unpaired) electrons. The van der Waals surface area contributed by atoms with Crippen LogP contribution < -0.4 is 0 Å². The molecule has 0 aliphatic heterocycles. The van der Waals surface area contributed by atoms with Gasteiger partial charge in [-0.15, -0.1) is 11.3 Å². The summed E-state index contributed by atoms with van der Waals surface area (Å²) in [6.45, 7) is 2.25. The number of halogens is 1. The molecule has 1 unspecified atom stereocenters. The molecule has 0 N–H and O–H groups in total. The minimum Gasteiger partial charge on any atom is -0.466 e. The second kappa shape index (κ2) is 5.06. The number of carbonyl (C=O) groups excluding carboxylic acids is 1. The van der Waals surface area contributed by atoms with Crippen molar-refractivity contribution in [2.45, 2.75) is 32.1 Å². The van der Waals surface area contributed by atoms with Crippen LogP contribution in [0.3, 0.4) is 0 Å². The van der Waals surface area contributed by atoms with Gasteiger partial charge in [0, 0.05) is 4.88 Å². The zero-order valence-corrected chi connectivity index (χ0v) is 12.1. The highest BCUT2D eigenvalue weighted by Gasteiger charge is 2.31. The van der Waals surface area contributed by atoms with Gasteiger partial charge in [0.1, 0.15) is 16.3 Å². The molecule has 3 rings (SSSR count). The summed E-state index contributed by atoms with van der Waals surface area (Å²) < 4.78 is 5.04. The zero-order chi connectivity index (χ0) is 13.4. The molecule has 6 heteroatoms. The van der Waals surface area contributed by atoms with Crippen molar-refractivity contribution in [1.82, 2.24) is 9.97 Å². The molecule has 0 spiro atoms. The van der Waals surface area contributed by atoms with Gasteiger partial charge in [-0.1, -0.05) is 11.6 Å². The summed E-state index contributed by atoms with van der Waals surface area (Å²) >= 11 is 7.84. The number of rotatable bonds is 3. The largest absolute Gasteiger partial charge is 0.466 e. The topological polar surface area (TPSA) is 52.1 Å². The van der Waals surface area contributed by atoms with E-state index < -0.39 is 0 Å². The van der Waals surface area contributed by atoms with Gasteiger partial charge in [-0.25, -0.2) is 9.97 Å². The molecular weight excluding hydrogens is 284 g/mol. The van der Waals surface area contributed by atoms with Gasteiger partial charge in [0.2, 0.25) is 0 Å².